The Hall–Kier alpha value is -0.880. The van der Waals surface area contributed by atoms with E-state index in [9.17, 15) is 4.79 Å². The van der Waals surface area contributed by atoms with E-state index in [1.807, 2.05) is 0 Å². The lowest BCUT2D eigenvalue weighted by Gasteiger charge is -2.24. The van der Waals surface area contributed by atoms with Crippen LogP contribution >= 0.6 is 22.6 Å². The van der Waals surface area contributed by atoms with Gasteiger partial charge in [0.1, 0.15) is 0 Å². The Labute approximate surface area is 128 Å². The highest BCUT2D eigenvalue weighted by Crippen LogP contribution is 2.20. The molecule has 1 aliphatic heterocycles. The van der Waals surface area contributed by atoms with Crippen molar-refractivity contribution in [3.63, 3.8) is 0 Å². The molecule has 1 amide bonds. The van der Waals surface area contributed by atoms with Gasteiger partial charge in [0, 0.05) is 22.7 Å². The Morgan fingerprint density at radius 2 is 2.21 bits per heavy atom. The van der Waals surface area contributed by atoms with E-state index in [-0.39, 0.29) is 5.91 Å². The first kappa shape index (κ1) is 14.5. The lowest BCUT2D eigenvalue weighted by atomic mass is 10.2. The van der Waals surface area contributed by atoms with Gasteiger partial charge in [0.05, 0.1) is 0 Å². The number of amides is 1. The minimum atomic E-state index is -0.0823. The standard InChI is InChI=1S/C15H19IN2O/c1-2-15(19)17-10-14-4-3-9-18(14)11-12-5-7-13(16)8-6-12/h2,5-8,14H,1,3-4,9-11H2,(H,17,19)/t14-/m0/s1. The summed E-state index contributed by atoms with van der Waals surface area (Å²) in [6.07, 6.45) is 3.69. The molecule has 19 heavy (non-hydrogen) atoms. The van der Waals surface area contributed by atoms with Crippen LogP contribution < -0.4 is 5.32 Å². The molecule has 1 aromatic rings. The number of carbonyl (C=O) groups excluding carboxylic acids is 1. The molecule has 1 aliphatic rings. The van der Waals surface area contributed by atoms with Crippen LogP contribution in [0.25, 0.3) is 0 Å². The number of nitrogens with zero attached hydrogens (tertiary/aromatic N) is 1. The van der Waals surface area contributed by atoms with Gasteiger partial charge in [-0.2, -0.15) is 0 Å². The van der Waals surface area contributed by atoms with Gasteiger partial charge in [-0.25, -0.2) is 0 Å². The SMILES string of the molecule is C=CC(=O)NC[C@@H]1CCCN1Cc1ccc(I)cc1. The predicted molar refractivity (Wildman–Crippen MR) is 85.8 cm³/mol. The Morgan fingerprint density at radius 1 is 1.47 bits per heavy atom. The van der Waals surface area contributed by atoms with Crippen molar-refractivity contribution in [1.29, 1.82) is 0 Å². The van der Waals surface area contributed by atoms with Crippen LogP contribution in [0.4, 0.5) is 0 Å². The first-order valence-electron chi connectivity index (χ1n) is 6.58. The summed E-state index contributed by atoms with van der Waals surface area (Å²) in [5.41, 5.74) is 1.34. The zero-order valence-corrected chi connectivity index (χ0v) is 13.1. The molecule has 102 valence electrons. The highest BCUT2D eigenvalue weighted by atomic mass is 127. The van der Waals surface area contributed by atoms with Crippen molar-refractivity contribution in [2.24, 2.45) is 0 Å². The van der Waals surface area contributed by atoms with Crippen LogP contribution in [-0.4, -0.2) is 29.9 Å². The maximum absolute atomic E-state index is 11.2. The third-order valence-corrected chi connectivity index (χ3v) is 4.21. The van der Waals surface area contributed by atoms with Gasteiger partial charge in [-0.3, -0.25) is 9.69 Å². The number of rotatable bonds is 5. The fourth-order valence-electron chi connectivity index (χ4n) is 2.45. The first-order valence-corrected chi connectivity index (χ1v) is 7.65. The molecule has 1 heterocycles. The lowest BCUT2D eigenvalue weighted by molar-refractivity contribution is -0.116. The van der Waals surface area contributed by atoms with Crippen LogP contribution in [0.1, 0.15) is 18.4 Å². The second kappa shape index (κ2) is 7.05. The van der Waals surface area contributed by atoms with Gasteiger partial charge in [0.2, 0.25) is 5.91 Å². The number of carbonyl (C=O) groups is 1. The van der Waals surface area contributed by atoms with Crippen LogP contribution in [0.15, 0.2) is 36.9 Å². The lowest BCUT2D eigenvalue weighted by Crippen LogP contribution is -2.39. The highest BCUT2D eigenvalue weighted by Gasteiger charge is 2.24. The quantitative estimate of drug-likeness (QED) is 0.638. The zero-order chi connectivity index (χ0) is 13.7. The van der Waals surface area contributed by atoms with Crippen molar-refractivity contribution in [2.45, 2.75) is 25.4 Å². The second-order valence-corrected chi connectivity index (χ2v) is 6.09. The molecular weight excluding hydrogens is 351 g/mol. The van der Waals surface area contributed by atoms with E-state index in [0.29, 0.717) is 6.04 Å². The number of hydrogen-bond donors (Lipinski definition) is 1. The Bertz CT molecular complexity index is 444. The van der Waals surface area contributed by atoms with Crippen LogP contribution in [-0.2, 0) is 11.3 Å². The molecule has 2 rings (SSSR count). The van der Waals surface area contributed by atoms with E-state index in [1.54, 1.807) is 0 Å². The van der Waals surface area contributed by atoms with Gasteiger partial charge >= 0.3 is 0 Å². The Balaban J connectivity index is 1.89. The van der Waals surface area contributed by atoms with Crippen molar-refractivity contribution < 1.29 is 4.79 Å². The first-order chi connectivity index (χ1) is 9.19. The van der Waals surface area contributed by atoms with Crippen molar-refractivity contribution in [2.75, 3.05) is 13.1 Å². The molecule has 0 spiro atoms. The molecule has 4 heteroatoms. The smallest absolute Gasteiger partial charge is 0.243 e. The molecule has 1 N–H and O–H groups in total. The molecule has 0 aliphatic carbocycles. The minimum absolute atomic E-state index is 0.0823. The molecule has 0 bridgehead atoms. The van der Waals surface area contributed by atoms with Gasteiger partial charge in [-0.15, -0.1) is 0 Å². The molecule has 0 saturated carbocycles. The van der Waals surface area contributed by atoms with E-state index < -0.39 is 0 Å². The van der Waals surface area contributed by atoms with Crippen LogP contribution in [0, 0.1) is 3.57 Å². The summed E-state index contributed by atoms with van der Waals surface area (Å²) in [5, 5.41) is 2.90. The molecule has 0 unspecified atom stereocenters. The summed E-state index contributed by atoms with van der Waals surface area (Å²) >= 11 is 2.32. The topological polar surface area (TPSA) is 32.3 Å². The van der Waals surface area contributed by atoms with Crippen LogP contribution in [0.5, 0.6) is 0 Å². The molecule has 1 saturated heterocycles. The van der Waals surface area contributed by atoms with Crippen molar-refractivity contribution in [3.05, 3.63) is 46.1 Å². The van der Waals surface area contributed by atoms with E-state index in [0.717, 1.165) is 26.1 Å². The second-order valence-electron chi connectivity index (χ2n) is 4.84. The molecule has 3 nitrogen and oxygen atoms in total. The summed E-state index contributed by atoms with van der Waals surface area (Å²) in [7, 11) is 0. The van der Waals surface area contributed by atoms with Gasteiger partial charge in [0.25, 0.3) is 0 Å². The van der Waals surface area contributed by atoms with Gasteiger partial charge in [-0.05, 0) is 65.7 Å². The third-order valence-electron chi connectivity index (χ3n) is 3.50. The van der Waals surface area contributed by atoms with E-state index in [2.05, 4.69) is 63.7 Å². The number of nitrogens with one attached hydrogen (secondary N) is 1. The minimum Gasteiger partial charge on any atom is -0.351 e. The Kier molecular flexibility index (Phi) is 5.39. The average molecular weight is 370 g/mol. The molecule has 0 radical (unpaired) electrons. The van der Waals surface area contributed by atoms with Crippen molar-refractivity contribution in [3.8, 4) is 0 Å². The highest BCUT2D eigenvalue weighted by molar-refractivity contribution is 14.1. The van der Waals surface area contributed by atoms with Crippen LogP contribution in [0.2, 0.25) is 0 Å². The molecule has 0 aromatic heterocycles. The monoisotopic (exact) mass is 370 g/mol. The van der Waals surface area contributed by atoms with Gasteiger partial charge in [-0.1, -0.05) is 18.7 Å². The summed E-state index contributed by atoms with van der Waals surface area (Å²) < 4.78 is 1.26. The van der Waals surface area contributed by atoms with Crippen molar-refractivity contribution in [1.82, 2.24) is 10.2 Å². The number of benzene rings is 1. The van der Waals surface area contributed by atoms with E-state index in [4.69, 9.17) is 0 Å². The van der Waals surface area contributed by atoms with E-state index >= 15 is 0 Å². The summed E-state index contributed by atoms with van der Waals surface area (Å²) in [6.45, 7) is 6.27. The number of halogens is 1. The third kappa shape index (κ3) is 4.31. The Morgan fingerprint density at radius 3 is 2.89 bits per heavy atom. The maximum Gasteiger partial charge on any atom is 0.243 e. The van der Waals surface area contributed by atoms with Gasteiger partial charge < -0.3 is 5.32 Å². The number of hydrogen-bond acceptors (Lipinski definition) is 2. The summed E-state index contributed by atoms with van der Waals surface area (Å²) in [4.78, 5) is 13.7. The van der Waals surface area contributed by atoms with Crippen molar-refractivity contribution >= 4 is 28.5 Å². The van der Waals surface area contributed by atoms with Gasteiger partial charge in [0.15, 0.2) is 0 Å². The molecular formula is C15H19IN2O. The average Bonchev–Trinajstić information content (AvgIpc) is 2.86. The fourth-order valence-corrected chi connectivity index (χ4v) is 2.81. The number of likely N-dealkylation sites (tertiary alicyclic amines) is 1. The molecule has 1 atom stereocenters. The zero-order valence-electron chi connectivity index (χ0n) is 10.9. The summed E-state index contributed by atoms with van der Waals surface area (Å²) in [5.74, 6) is -0.0823. The normalized spacial score (nSPS) is 19.3. The summed E-state index contributed by atoms with van der Waals surface area (Å²) in [6, 6.07) is 9.09. The largest absolute Gasteiger partial charge is 0.351 e. The van der Waals surface area contributed by atoms with Crippen LogP contribution in [0.3, 0.4) is 0 Å². The van der Waals surface area contributed by atoms with E-state index in [1.165, 1.54) is 21.6 Å². The molecule has 1 aromatic carbocycles. The fraction of sp³-hybridized carbons (Fsp3) is 0.400. The maximum atomic E-state index is 11.2. The predicted octanol–water partition coefficient (Wildman–Crippen LogP) is 2.56. The molecule has 1 fully saturated rings.